The predicted octanol–water partition coefficient (Wildman–Crippen LogP) is 2.48. The fraction of sp³-hybridized carbons (Fsp3) is 0.769. The first-order valence-electron chi connectivity index (χ1n) is 12.6. The highest BCUT2D eigenvalue weighted by Crippen LogP contribution is 2.73. The Balaban J connectivity index is 1.22. The van der Waals surface area contributed by atoms with E-state index in [1.54, 1.807) is 7.11 Å². The number of ether oxygens (including phenoxy) is 6. The van der Waals surface area contributed by atoms with E-state index in [0.29, 0.717) is 51.6 Å². The summed E-state index contributed by atoms with van der Waals surface area (Å²) in [4.78, 5) is 0. The lowest BCUT2D eigenvalue weighted by atomic mass is 9.37. The zero-order valence-corrected chi connectivity index (χ0v) is 19.9. The van der Waals surface area contributed by atoms with E-state index in [4.69, 9.17) is 28.4 Å². The first-order chi connectivity index (χ1) is 16.3. The van der Waals surface area contributed by atoms with Crippen molar-refractivity contribution in [3.8, 4) is 11.5 Å². The molecule has 6 aliphatic rings. The van der Waals surface area contributed by atoms with E-state index >= 15 is 0 Å². The van der Waals surface area contributed by atoms with Crippen LogP contribution in [0.5, 0.6) is 11.5 Å². The van der Waals surface area contributed by atoms with Crippen molar-refractivity contribution in [3.63, 3.8) is 0 Å². The second-order valence-electron chi connectivity index (χ2n) is 10.3. The number of hydrogen-bond acceptors (Lipinski definition) is 7. The van der Waals surface area contributed by atoms with E-state index < -0.39 is 0 Å². The van der Waals surface area contributed by atoms with E-state index in [1.165, 1.54) is 36.8 Å². The van der Waals surface area contributed by atoms with Gasteiger partial charge in [0.1, 0.15) is 12.7 Å². The topological polar surface area (TPSA) is 67.4 Å². The van der Waals surface area contributed by atoms with Crippen LogP contribution in [0.4, 0.5) is 0 Å². The molecule has 7 heteroatoms. The lowest BCUT2D eigenvalue weighted by Gasteiger charge is -2.69. The number of nitrogens with one attached hydrogen (secondary N) is 1. The van der Waals surface area contributed by atoms with Crippen molar-refractivity contribution in [2.75, 3.05) is 60.4 Å². The maximum absolute atomic E-state index is 6.90. The maximum atomic E-state index is 6.90. The Morgan fingerprint density at radius 2 is 1.76 bits per heavy atom. The molecule has 1 aromatic rings. The Labute approximate surface area is 196 Å². The molecule has 1 aromatic carbocycles. The highest BCUT2D eigenvalue weighted by atomic mass is 16.6. The average Bonchev–Trinajstić information content (AvgIpc) is 3.22. The van der Waals surface area contributed by atoms with Crippen LogP contribution < -0.4 is 14.8 Å². The molecule has 4 atom stereocenters. The van der Waals surface area contributed by atoms with Crippen LogP contribution >= 0.6 is 0 Å². The van der Waals surface area contributed by atoms with Crippen LogP contribution in [-0.2, 0) is 30.8 Å². The summed E-state index contributed by atoms with van der Waals surface area (Å²) in [6, 6.07) is 4.89. The van der Waals surface area contributed by atoms with Crippen molar-refractivity contribution in [2.24, 2.45) is 11.3 Å². The molecule has 1 N–H and O–H groups in total. The molecule has 4 bridgehead atoms. The Morgan fingerprint density at radius 3 is 2.52 bits per heavy atom. The number of hydrogen-bond donors (Lipinski definition) is 1. The summed E-state index contributed by atoms with van der Waals surface area (Å²) in [5.74, 6) is 2.45. The maximum Gasteiger partial charge on any atom is 0.165 e. The van der Waals surface area contributed by atoms with Gasteiger partial charge in [0, 0.05) is 37.8 Å². The molecule has 1 saturated heterocycles. The second kappa shape index (κ2) is 8.68. The largest absolute Gasteiger partial charge is 0.487 e. The molecule has 0 radical (unpaired) electrons. The van der Waals surface area contributed by atoms with Crippen molar-refractivity contribution in [3.05, 3.63) is 23.3 Å². The van der Waals surface area contributed by atoms with Gasteiger partial charge in [0.25, 0.3) is 0 Å². The molecular formula is C26H37NO6. The fourth-order valence-electron chi connectivity index (χ4n) is 8.03. The summed E-state index contributed by atoms with van der Waals surface area (Å²) in [6.45, 7) is 4.25. The van der Waals surface area contributed by atoms with Crippen LogP contribution in [-0.4, -0.2) is 78.7 Å². The molecule has 4 unspecified atom stereocenters. The van der Waals surface area contributed by atoms with E-state index in [9.17, 15) is 0 Å². The Bertz CT molecular complexity index is 869. The van der Waals surface area contributed by atoms with Crippen LogP contribution in [0.15, 0.2) is 12.1 Å². The summed E-state index contributed by atoms with van der Waals surface area (Å²) < 4.78 is 35.5. The van der Waals surface area contributed by atoms with Gasteiger partial charge in [-0.25, -0.2) is 0 Å². The second-order valence-corrected chi connectivity index (χ2v) is 10.3. The molecule has 7 rings (SSSR count). The van der Waals surface area contributed by atoms with E-state index in [2.05, 4.69) is 17.4 Å². The molecule has 3 saturated carbocycles. The first kappa shape index (κ1) is 22.1. The highest BCUT2D eigenvalue weighted by Gasteiger charge is 2.76. The zero-order valence-electron chi connectivity index (χ0n) is 19.9. The first-order valence-corrected chi connectivity index (χ1v) is 12.6. The zero-order chi connectivity index (χ0) is 22.5. The third-order valence-electron chi connectivity index (χ3n) is 9.21. The van der Waals surface area contributed by atoms with Gasteiger partial charge in [0.15, 0.2) is 11.5 Å². The average molecular weight is 460 g/mol. The van der Waals surface area contributed by atoms with Crippen molar-refractivity contribution in [1.29, 1.82) is 0 Å². The predicted molar refractivity (Wildman–Crippen MR) is 122 cm³/mol. The van der Waals surface area contributed by atoms with Crippen LogP contribution in [0, 0.1) is 11.3 Å². The van der Waals surface area contributed by atoms with Crippen LogP contribution in [0.2, 0.25) is 0 Å². The molecule has 33 heavy (non-hydrogen) atoms. The lowest BCUT2D eigenvalue weighted by Crippen LogP contribution is -2.79. The molecular weight excluding hydrogens is 422 g/mol. The molecule has 0 amide bonds. The van der Waals surface area contributed by atoms with Gasteiger partial charge in [0.2, 0.25) is 0 Å². The third-order valence-corrected chi connectivity index (χ3v) is 9.21. The summed E-state index contributed by atoms with van der Waals surface area (Å²) in [5.41, 5.74) is 3.01. The van der Waals surface area contributed by atoms with Crippen LogP contribution in [0.25, 0.3) is 0 Å². The van der Waals surface area contributed by atoms with Crippen LogP contribution in [0.1, 0.15) is 36.8 Å². The fourth-order valence-corrected chi connectivity index (χ4v) is 8.03. The molecule has 4 fully saturated rings. The summed E-state index contributed by atoms with van der Waals surface area (Å²) in [7, 11) is 3.55. The molecule has 0 aromatic heterocycles. The number of benzene rings is 1. The number of methoxy groups -OCH3 is 2. The quantitative estimate of drug-likeness (QED) is 0.510. The van der Waals surface area contributed by atoms with Gasteiger partial charge in [-0.05, 0) is 49.7 Å². The van der Waals surface area contributed by atoms with E-state index in [1.807, 2.05) is 7.11 Å². The Hall–Kier alpha value is -1.38. The standard InChI is InChI=1S/C26H37NO6/c1-28-9-10-30-11-12-31-13-14-32-19-4-3-18-15-20-25-7-5-17(6-8-25)24-26(25,21(29-2)16-27-20)22(18)23(19)33-24/h3-4,17,20-21,24,27H,5-16H2,1-2H3. The van der Waals surface area contributed by atoms with E-state index in [-0.39, 0.29) is 23.0 Å². The van der Waals surface area contributed by atoms with Gasteiger partial charge >= 0.3 is 0 Å². The summed E-state index contributed by atoms with van der Waals surface area (Å²) in [5, 5.41) is 3.89. The Kier molecular flexibility index (Phi) is 5.82. The van der Waals surface area contributed by atoms with Gasteiger partial charge in [-0.1, -0.05) is 6.07 Å². The smallest absolute Gasteiger partial charge is 0.165 e. The molecule has 2 spiro atoms. The van der Waals surface area contributed by atoms with E-state index in [0.717, 1.165) is 24.5 Å². The molecule has 2 heterocycles. The minimum atomic E-state index is -0.0445. The van der Waals surface area contributed by atoms with Gasteiger partial charge in [0.05, 0.1) is 44.6 Å². The molecule has 7 nitrogen and oxygen atoms in total. The number of fused-ring (bicyclic) bond motifs is 2. The van der Waals surface area contributed by atoms with Crippen molar-refractivity contribution in [2.45, 2.75) is 55.8 Å². The third kappa shape index (κ3) is 3.05. The lowest BCUT2D eigenvalue weighted by molar-refractivity contribution is -0.197. The van der Waals surface area contributed by atoms with Gasteiger partial charge in [-0.3, -0.25) is 0 Å². The van der Waals surface area contributed by atoms with Gasteiger partial charge < -0.3 is 33.7 Å². The number of piperidine rings is 1. The van der Waals surface area contributed by atoms with Crippen molar-refractivity contribution >= 4 is 0 Å². The Morgan fingerprint density at radius 1 is 1.00 bits per heavy atom. The minimum Gasteiger partial charge on any atom is -0.487 e. The van der Waals surface area contributed by atoms with Crippen molar-refractivity contribution in [1.82, 2.24) is 5.32 Å². The highest BCUT2D eigenvalue weighted by molar-refractivity contribution is 5.63. The summed E-state index contributed by atoms with van der Waals surface area (Å²) in [6.07, 6.45) is 6.50. The minimum absolute atomic E-state index is 0.0445. The SMILES string of the molecule is COCCOCCOCCOc1ccc2c3c1OC1C4CCC5(CC4)C(C2)NCC(OC)C315. The van der Waals surface area contributed by atoms with Gasteiger partial charge in [-0.15, -0.1) is 0 Å². The molecule has 4 aliphatic carbocycles. The van der Waals surface area contributed by atoms with Crippen molar-refractivity contribution < 1.29 is 28.4 Å². The number of rotatable bonds is 11. The normalized spacial score (nSPS) is 37.0. The summed E-state index contributed by atoms with van der Waals surface area (Å²) >= 11 is 0. The molecule has 2 aliphatic heterocycles. The van der Waals surface area contributed by atoms with Gasteiger partial charge in [-0.2, -0.15) is 0 Å². The monoisotopic (exact) mass is 459 g/mol. The van der Waals surface area contributed by atoms with Crippen LogP contribution in [0.3, 0.4) is 0 Å². The molecule has 182 valence electrons.